The molecule has 0 aliphatic rings. The molecule has 0 aliphatic carbocycles. The summed E-state index contributed by atoms with van der Waals surface area (Å²) in [5.41, 5.74) is 7.87. The lowest BCUT2D eigenvalue weighted by Crippen LogP contribution is -2.28. The van der Waals surface area contributed by atoms with Crippen LogP contribution in [-0.4, -0.2) is 36.1 Å². The summed E-state index contributed by atoms with van der Waals surface area (Å²) in [5.74, 6) is 1.16. The standard InChI is InChI=1S/C14H23N3O2/c1-4-17(8-7-14(15)16-18)10-12-9-11(2)5-6-13(12)19-3/h5-6,9,18H,4,7-8,10H2,1-3H3,(H2,15,16). The number of rotatable bonds is 7. The molecule has 0 spiro atoms. The van der Waals surface area contributed by atoms with E-state index >= 15 is 0 Å². The summed E-state index contributed by atoms with van der Waals surface area (Å²) in [7, 11) is 1.68. The quantitative estimate of drug-likeness (QED) is 0.342. The largest absolute Gasteiger partial charge is 0.496 e. The van der Waals surface area contributed by atoms with Crippen LogP contribution in [-0.2, 0) is 6.54 Å². The molecule has 0 unspecified atom stereocenters. The highest BCUT2D eigenvalue weighted by Crippen LogP contribution is 2.21. The Morgan fingerprint density at radius 2 is 2.21 bits per heavy atom. The van der Waals surface area contributed by atoms with Crippen molar-refractivity contribution in [1.29, 1.82) is 0 Å². The molecule has 1 rings (SSSR count). The molecule has 5 nitrogen and oxygen atoms in total. The Bertz CT molecular complexity index is 433. The number of nitrogens with two attached hydrogens (primary N) is 1. The lowest BCUT2D eigenvalue weighted by Gasteiger charge is -2.21. The maximum atomic E-state index is 8.55. The van der Waals surface area contributed by atoms with E-state index in [1.165, 1.54) is 5.56 Å². The third-order valence-electron chi connectivity index (χ3n) is 3.09. The van der Waals surface area contributed by atoms with Gasteiger partial charge in [0.15, 0.2) is 0 Å². The molecular formula is C14H23N3O2. The number of benzene rings is 1. The predicted molar refractivity (Wildman–Crippen MR) is 76.7 cm³/mol. The summed E-state index contributed by atoms with van der Waals surface area (Å²) in [6.45, 7) is 6.60. The van der Waals surface area contributed by atoms with E-state index in [4.69, 9.17) is 15.7 Å². The lowest BCUT2D eigenvalue weighted by molar-refractivity contribution is 0.278. The molecule has 0 fully saturated rings. The van der Waals surface area contributed by atoms with Crippen molar-refractivity contribution in [3.63, 3.8) is 0 Å². The van der Waals surface area contributed by atoms with Crippen LogP contribution in [0.15, 0.2) is 23.4 Å². The van der Waals surface area contributed by atoms with Crippen LogP contribution in [0.1, 0.15) is 24.5 Å². The third kappa shape index (κ3) is 4.79. The zero-order chi connectivity index (χ0) is 14.3. The minimum atomic E-state index is 0.259. The average molecular weight is 265 g/mol. The van der Waals surface area contributed by atoms with Crippen molar-refractivity contribution in [3.8, 4) is 5.75 Å². The Morgan fingerprint density at radius 3 is 2.79 bits per heavy atom. The normalized spacial score (nSPS) is 11.9. The molecule has 0 aromatic heterocycles. The van der Waals surface area contributed by atoms with Crippen LogP contribution in [0.3, 0.4) is 0 Å². The van der Waals surface area contributed by atoms with Gasteiger partial charge in [-0.15, -0.1) is 0 Å². The second-order valence-corrected chi connectivity index (χ2v) is 4.53. The first-order chi connectivity index (χ1) is 9.10. The molecule has 0 heterocycles. The fraction of sp³-hybridized carbons (Fsp3) is 0.500. The molecule has 0 amide bonds. The smallest absolute Gasteiger partial charge is 0.140 e. The van der Waals surface area contributed by atoms with Crippen molar-refractivity contribution >= 4 is 5.84 Å². The monoisotopic (exact) mass is 265 g/mol. The van der Waals surface area contributed by atoms with Gasteiger partial charge in [-0.05, 0) is 19.5 Å². The molecule has 0 atom stereocenters. The van der Waals surface area contributed by atoms with Crippen LogP contribution < -0.4 is 10.5 Å². The molecule has 0 radical (unpaired) electrons. The summed E-state index contributed by atoms with van der Waals surface area (Å²) in [5, 5.41) is 11.5. The van der Waals surface area contributed by atoms with Gasteiger partial charge in [0.2, 0.25) is 0 Å². The van der Waals surface area contributed by atoms with Gasteiger partial charge in [0, 0.05) is 25.1 Å². The molecule has 0 bridgehead atoms. The Balaban J connectivity index is 2.72. The number of aryl methyl sites for hydroxylation is 1. The fourth-order valence-electron chi connectivity index (χ4n) is 1.94. The first-order valence-electron chi connectivity index (χ1n) is 6.43. The van der Waals surface area contributed by atoms with Crippen molar-refractivity contribution in [1.82, 2.24) is 4.90 Å². The number of methoxy groups -OCH3 is 1. The first-order valence-corrected chi connectivity index (χ1v) is 6.43. The topological polar surface area (TPSA) is 71.1 Å². The third-order valence-corrected chi connectivity index (χ3v) is 3.09. The Hall–Kier alpha value is -1.75. The zero-order valence-corrected chi connectivity index (χ0v) is 11.9. The van der Waals surface area contributed by atoms with Crippen molar-refractivity contribution in [2.45, 2.75) is 26.8 Å². The lowest BCUT2D eigenvalue weighted by atomic mass is 10.1. The van der Waals surface area contributed by atoms with Gasteiger partial charge in [0.25, 0.3) is 0 Å². The predicted octanol–water partition coefficient (Wildman–Crippen LogP) is 1.96. The van der Waals surface area contributed by atoms with Crippen molar-refractivity contribution < 1.29 is 9.94 Å². The summed E-state index contributed by atoms with van der Waals surface area (Å²) in [6.07, 6.45) is 0.554. The van der Waals surface area contributed by atoms with Gasteiger partial charge in [-0.3, -0.25) is 4.90 Å². The molecule has 3 N–H and O–H groups in total. The number of hydrogen-bond donors (Lipinski definition) is 2. The van der Waals surface area contributed by atoms with E-state index in [-0.39, 0.29) is 5.84 Å². The second kappa shape index (κ2) is 7.63. The van der Waals surface area contributed by atoms with Crippen molar-refractivity contribution in [2.24, 2.45) is 10.9 Å². The molecule has 5 heteroatoms. The van der Waals surface area contributed by atoms with E-state index in [1.54, 1.807) is 7.11 Å². The van der Waals surface area contributed by atoms with Crippen molar-refractivity contribution in [2.75, 3.05) is 20.2 Å². The summed E-state index contributed by atoms with van der Waals surface area (Å²) < 4.78 is 5.38. The first kappa shape index (κ1) is 15.3. The van der Waals surface area contributed by atoms with Crippen LogP contribution in [0.2, 0.25) is 0 Å². The van der Waals surface area contributed by atoms with E-state index in [2.05, 4.69) is 30.0 Å². The molecule has 0 aliphatic heterocycles. The second-order valence-electron chi connectivity index (χ2n) is 4.53. The summed E-state index contributed by atoms with van der Waals surface area (Å²) >= 11 is 0. The highest BCUT2D eigenvalue weighted by molar-refractivity contribution is 5.79. The van der Waals surface area contributed by atoms with Gasteiger partial charge >= 0.3 is 0 Å². The zero-order valence-electron chi connectivity index (χ0n) is 11.9. The van der Waals surface area contributed by atoms with Crippen LogP contribution in [0.5, 0.6) is 5.75 Å². The highest BCUT2D eigenvalue weighted by Gasteiger charge is 2.09. The van der Waals surface area contributed by atoms with E-state index in [0.717, 1.165) is 30.9 Å². The van der Waals surface area contributed by atoms with E-state index < -0.39 is 0 Å². The molecule has 1 aromatic rings. The maximum absolute atomic E-state index is 8.55. The molecule has 1 aromatic carbocycles. The van der Waals surface area contributed by atoms with Gasteiger partial charge < -0.3 is 15.7 Å². The van der Waals surface area contributed by atoms with Gasteiger partial charge in [0.05, 0.1) is 7.11 Å². The fourth-order valence-corrected chi connectivity index (χ4v) is 1.94. The summed E-state index contributed by atoms with van der Waals surface area (Å²) in [4.78, 5) is 2.23. The minimum absolute atomic E-state index is 0.259. The van der Waals surface area contributed by atoms with E-state index in [9.17, 15) is 0 Å². The molecule has 0 saturated heterocycles. The number of hydrogen-bond acceptors (Lipinski definition) is 4. The SMILES string of the molecule is CCN(CCC(N)=NO)Cc1cc(C)ccc1OC. The Kier molecular flexibility index (Phi) is 6.15. The average Bonchev–Trinajstić information content (AvgIpc) is 2.43. The Morgan fingerprint density at radius 1 is 1.47 bits per heavy atom. The van der Waals surface area contributed by atoms with Crippen molar-refractivity contribution in [3.05, 3.63) is 29.3 Å². The van der Waals surface area contributed by atoms with Crippen LogP contribution in [0.25, 0.3) is 0 Å². The molecular weight excluding hydrogens is 242 g/mol. The van der Waals surface area contributed by atoms with E-state index in [0.29, 0.717) is 6.42 Å². The van der Waals surface area contributed by atoms with Gasteiger partial charge in [-0.1, -0.05) is 29.8 Å². The maximum Gasteiger partial charge on any atom is 0.140 e. The van der Waals surface area contributed by atoms with Crippen LogP contribution >= 0.6 is 0 Å². The van der Waals surface area contributed by atoms with Gasteiger partial charge in [-0.25, -0.2) is 0 Å². The number of amidine groups is 1. The Labute approximate surface area is 114 Å². The van der Waals surface area contributed by atoms with E-state index in [1.807, 2.05) is 12.1 Å². The number of nitrogens with zero attached hydrogens (tertiary/aromatic N) is 2. The molecule has 106 valence electrons. The van der Waals surface area contributed by atoms with Gasteiger partial charge in [0.1, 0.15) is 11.6 Å². The number of ether oxygens (including phenoxy) is 1. The molecule has 19 heavy (non-hydrogen) atoms. The number of oxime groups is 1. The van der Waals surface area contributed by atoms with Crippen LogP contribution in [0, 0.1) is 6.92 Å². The molecule has 0 saturated carbocycles. The summed E-state index contributed by atoms with van der Waals surface area (Å²) in [6, 6.07) is 6.15. The van der Waals surface area contributed by atoms with Gasteiger partial charge in [-0.2, -0.15) is 0 Å². The van der Waals surface area contributed by atoms with Crippen LogP contribution in [0.4, 0.5) is 0 Å². The minimum Gasteiger partial charge on any atom is -0.496 e. The highest BCUT2D eigenvalue weighted by atomic mass is 16.5.